The minimum atomic E-state index is -0.302. The third kappa shape index (κ3) is 4.92. The van der Waals surface area contributed by atoms with Gasteiger partial charge in [-0.05, 0) is 23.3 Å². The molecule has 0 bridgehead atoms. The molecule has 0 fully saturated rings. The van der Waals surface area contributed by atoms with Crippen molar-refractivity contribution in [3.63, 3.8) is 0 Å². The van der Waals surface area contributed by atoms with Crippen LogP contribution in [0.15, 0.2) is 46.0 Å². The summed E-state index contributed by atoms with van der Waals surface area (Å²) in [6, 6.07) is 11.7. The van der Waals surface area contributed by atoms with Crippen molar-refractivity contribution in [2.45, 2.75) is 77.7 Å². The maximum absolute atomic E-state index is 12.4. The molecule has 0 radical (unpaired) electrons. The van der Waals surface area contributed by atoms with Gasteiger partial charge in [-0.3, -0.25) is 14.3 Å². The fourth-order valence-electron chi connectivity index (χ4n) is 4.04. The molecule has 1 N–H and O–H groups in total. The Labute approximate surface area is 166 Å². The third-order valence-electron chi connectivity index (χ3n) is 5.63. The highest BCUT2D eigenvalue weighted by Crippen LogP contribution is 2.21. The average Bonchev–Trinajstić information content (AvgIpc) is 2.70. The van der Waals surface area contributed by atoms with E-state index in [-0.39, 0.29) is 11.2 Å². The van der Waals surface area contributed by atoms with E-state index in [9.17, 15) is 9.59 Å². The summed E-state index contributed by atoms with van der Waals surface area (Å²) in [7, 11) is 0. The van der Waals surface area contributed by atoms with Gasteiger partial charge in [-0.15, -0.1) is 0 Å². The van der Waals surface area contributed by atoms with Crippen LogP contribution in [0.2, 0.25) is 0 Å². The van der Waals surface area contributed by atoms with E-state index in [0.29, 0.717) is 11.9 Å². The highest BCUT2D eigenvalue weighted by atomic mass is 16.2. The monoisotopic (exact) mass is 380 g/mol. The Morgan fingerprint density at radius 1 is 0.786 bits per heavy atom. The van der Waals surface area contributed by atoms with E-state index in [4.69, 9.17) is 0 Å². The number of aryl methyl sites for hydroxylation is 1. The van der Waals surface area contributed by atoms with Gasteiger partial charge in [-0.25, -0.2) is 4.79 Å². The molecule has 3 rings (SSSR count). The first-order chi connectivity index (χ1) is 13.7. The summed E-state index contributed by atoms with van der Waals surface area (Å²) in [4.78, 5) is 27.3. The highest BCUT2D eigenvalue weighted by molar-refractivity contribution is 6.05. The molecule has 28 heavy (non-hydrogen) atoms. The van der Waals surface area contributed by atoms with Crippen molar-refractivity contribution in [2.75, 3.05) is 0 Å². The van der Waals surface area contributed by atoms with Crippen LogP contribution in [-0.2, 0) is 6.54 Å². The molecule has 1 aromatic heterocycles. The van der Waals surface area contributed by atoms with Gasteiger partial charge in [0.2, 0.25) is 0 Å². The quantitative estimate of drug-likeness (QED) is 0.339. The Hall–Kier alpha value is -2.36. The van der Waals surface area contributed by atoms with Gasteiger partial charge in [-0.1, -0.05) is 95.0 Å². The van der Waals surface area contributed by atoms with E-state index in [0.717, 1.165) is 29.1 Å². The van der Waals surface area contributed by atoms with E-state index >= 15 is 0 Å². The number of hydrogen-bond donors (Lipinski definition) is 1. The molecule has 0 aliphatic rings. The first-order valence-corrected chi connectivity index (χ1v) is 10.9. The van der Waals surface area contributed by atoms with Crippen LogP contribution in [0, 0.1) is 0 Å². The van der Waals surface area contributed by atoms with Gasteiger partial charge < -0.3 is 0 Å². The van der Waals surface area contributed by atoms with Crippen LogP contribution in [-0.4, -0.2) is 9.55 Å². The zero-order valence-corrected chi connectivity index (χ0v) is 17.0. The molecule has 0 spiro atoms. The van der Waals surface area contributed by atoms with Crippen LogP contribution in [0.25, 0.3) is 21.7 Å². The first-order valence-electron chi connectivity index (χ1n) is 10.9. The van der Waals surface area contributed by atoms with Crippen molar-refractivity contribution in [3.8, 4) is 0 Å². The molecule has 0 saturated heterocycles. The second-order valence-electron chi connectivity index (χ2n) is 7.77. The van der Waals surface area contributed by atoms with Gasteiger partial charge in [0.25, 0.3) is 5.56 Å². The van der Waals surface area contributed by atoms with Crippen molar-refractivity contribution >= 4 is 21.7 Å². The normalized spacial score (nSPS) is 11.5. The molecule has 3 aromatic rings. The first kappa shape index (κ1) is 20.4. The summed E-state index contributed by atoms with van der Waals surface area (Å²) in [6.07, 6.45) is 12.6. The standard InChI is InChI=1S/C24H32N2O2/c1-2-3-4-5-6-7-8-9-10-13-18-26-21-17-16-19-14-11-12-15-20(19)22(21)23(27)25-24(26)28/h11-12,14-17H,2-10,13,18H2,1H3,(H,25,27,28). The number of aromatic amines is 1. The van der Waals surface area contributed by atoms with Crippen LogP contribution in [0.1, 0.15) is 71.1 Å². The molecule has 0 atom stereocenters. The summed E-state index contributed by atoms with van der Waals surface area (Å²) in [5, 5.41) is 2.53. The highest BCUT2D eigenvalue weighted by Gasteiger charge is 2.10. The van der Waals surface area contributed by atoms with Crippen LogP contribution < -0.4 is 11.2 Å². The molecule has 0 aliphatic carbocycles. The van der Waals surface area contributed by atoms with Crippen LogP contribution in [0.5, 0.6) is 0 Å². The van der Waals surface area contributed by atoms with Gasteiger partial charge in [-0.2, -0.15) is 0 Å². The number of rotatable bonds is 11. The maximum atomic E-state index is 12.4. The number of nitrogens with one attached hydrogen (secondary N) is 1. The minimum Gasteiger partial charge on any atom is -0.293 e. The summed E-state index contributed by atoms with van der Waals surface area (Å²) < 4.78 is 1.73. The molecular formula is C24H32N2O2. The van der Waals surface area contributed by atoms with Gasteiger partial charge in [0.1, 0.15) is 0 Å². The lowest BCUT2D eigenvalue weighted by Crippen LogP contribution is -2.30. The zero-order chi connectivity index (χ0) is 19.8. The van der Waals surface area contributed by atoms with Crippen molar-refractivity contribution in [3.05, 3.63) is 57.2 Å². The second-order valence-corrected chi connectivity index (χ2v) is 7.77. The predicted molar refractivity (Wildman–Crippen MR) is 118 cm³/mol. The third-order valence-corrected chi connectivity index (χ3v) is 5.63. The van der Waals surface area contributed by atoms with Gasteiger partial charge in [0, 0.05) is 6.54 Å². The van der Waals surface area contributed by atoms with Gasteiger partial charge >= 0.3 is 5.69 Å². The topological polar surface area (TPSA) is 54.9 Å². The molecule has 2 aromatic carbocycles. The summed E-state index contributed by atoms with van der Waals surface area (Å²) >= 11 is 0. The fourth-order valence-corrected chi connectivity index (χ4v) is 4.04. The number of hydrogen-bond acceptors (Lipinski definition) is 2. The Morgan fingerprint density at radius 3 is 2.14 bits per heavy atom. The largest absolute Gasteiger partial charge is 0.328 e. The lowest BCUT2D eigenvalue weighted by Gasteiger charge is -2.11. The van der Waals surface area contributed by atoms with Crippen molar-refractivity contribution in [2.24, 2.45) is 0 Å². The zero-order valence-electron chi connectivity index (χ0n) is 17.0. The molecule has 150 valence electrons. The Balaban J connectivity index is 1.60. The summed E-state index contributed by atoms with van der Waals surface area (Å²) in [5.74, 6) is 0. The lowest BCUT2D eigenvalue weighted by atomic mass is 10.1. The molecule has 1 heterocycles. The number of fused-ring (bicyclic) bond motifs is 3. The van der Waals surface area contributed by atoms with Crippen molar-refractivity contribution in [1.29, 1.82) is 0 Å². The fraction of sp³-hybridized carbons (Fsp3) is 0.500. The molecule has 0 aliphatic heterocycles. The number of unbranched alkanes of at least 4 members (excludes halogenated alkanes) is 9. The Morgan fingerprint density at radius 2 is 1.43 bits per heavy atom. The molecule has 0 unspecified atom stereocenters. The maximum Gasteiger partial charge on any atom is 0.328 e. The van der Waals surface area contributed by atoms with Crippen LogP contribution in [0.3, 0.4) is 0 Å². The second kappa shape index (κ2) is 10.3. The van der Waals surface area contributed by atoms with Gasteiger partial charge in [0.05, 0.1) is 10.9 Å². The van der Waals surface area contributed by atoms with E-state index in [1.807, 2.05) is 36.4 Å². The number of benzene rings is 2. The van der Waals surface area contributed by atoms with Crippen LogP contribution >= 0.6 is 0 Å². The summed E-state index contributed by atoms with van der Waals surface area (Å²) in [5.41, 5.74) is 0.142. The Kier molecular flexibility index (Phi) is 7.46. The van der Waals surface area contributed by atoms with E-state index in [1.165, 1.54) is 51.4 Å². The number of H-pyrrole nitrogens is 1. The van der Waals surface area contributed by atoms with E-state index < -0.39 is 0 Å². The van der Waals surface area contributed by atoms with Crippen molar-refractivity contribution in [1.82, 2.24) is 9.55 Å². The van der Waals surface area contributed by atoms with Gasteiger partial charge in [0.15, 0.2) is 0 Å². The van der Waals surface area contributed by atoms with Crippen molar-refractivity contribution < 1.29 is 0 Å². The minimum absolute atomic E-state index is 0.295. The van der Waals surface area contributed by atoms with E-state index in [1.54, 1.807) is 4.57 Å². The smallest absolute Gasteiger partial charge is 0.293 e. The Bertz CT molecular complexity index is 1020. The molecular weight excluding hydrogens is 348 g/mol. The summed E-state index contributed by atoms with van der Waals surface area (Å²) in [6.45, 7) is 2.90. The molecule has 4 nitrogen and oxygen atoms in total. The molecule has 0 amide bonds. The number of nitrogens with zero attached hydrogens (tertiary/aromatic N) is 1. The average molecular weight is 381 g/mol. The van der Waals surface area contributed by atoms with E-state index in [2.05, 4.69) is 11.9 Å². The SMILES string of the molecule is CCCCCCCCCCCCn1c(=O)[nH]c(=O)c2c3ccccc3ccc21. The van der Waals surface area contributed by atoms with Crippen LogP contribution in [0.4, 0.5) is 0 Å². The lowest BCUT2D eigenvalue weighted by molar-refractivity contribution is 0.532. The molecule has 4 heteroatoms. The predicted octanol–water partition coefficient (Wildman–Crippen LogP) is 5.76. The number of aromatic nitrogens is 2. The molecule has 0 saturated carbocycles.